The molecule has 0 saturated carbocycles. The molecule has 0 aliphatic carbocycles. The van der Waals surface area contributed by atoms with Gasteiger partial charge in [0.2, 0.25) is 5.12 Å². The van der Waals surface area contributed by atoms with Gasteiger partial charge in [0.25, 0.3) is 0 Å². The van der Waals surface area contributed by atoms with Crippen molar-refractivity contribution in [2.75, 3.05) is 0 Å². The van der Waals surface area contributed by atoms with E-state index >= 15 is 0 Å². The summed E-state index contributed by atoms with van der Waals surface area (Å²) < 4.78 is 0. The predicted octanol–water partition coefficient (Wildman–Crippen LogP) is 2.74. The van der Waals surface area contributed by atoms with Crippen LogP contribution in [0.15, 0.2) is 48.8 Å². The minimum atomic E-state index is -0.215. The third-order valence-corrected chi connectivity index (χ3v) is 2.61. The lowest BCUT2D eigenvalue weighted by atomic mass is 10.0. The number of rotatable bonds is 3. The average Bonchev–Trinajstić information content (AvgIpc) is 2.31. The predicted molar refractivity (Wildman–Crippen MR) is 66.8 cm³/mol. The first-order chi connectivity index (χ1) is 7.77. The van der Waals surface area contributed by atoms with Crippen LogP contribution < -0.4 is 0 Å². The van der Waals surface area contributed by atoms with E-state index in [2.05, 4.69) is 17.6 Å². The second-order valence-electron chi connectivity index (χ2n) is 3.50. The number of carbonyl (C=O) groups is 1. The van der Waals surface area contributed by atoms with Crippen LogP contribution in [0.25, 0.3) is 0 Å². The molecule has 0 fully saturated rings. The maximum atomic E-state index is 11.3. The van der Waals surface area contributed by atoms with Crippen LogP contribution in [0, 0.1) is 0 Å². The number of hydrogen-bond donors (Lipinski definition) is 1. The van der Waals surface area contributed by atoms with Crippen molar-refractivity contribution in [3.8, 4) is 0 Å². The maximum absolute atomic E-state index is 11.3. The van der Waals surface area contributed by atoms with Crippen molar-refractivity contribution in [3.05, 3.63) is 65.5 Å². The van der Waals surface area contributed by atoms with Crippen molar-refractivity contribution in [1.29, 1.82) is 0 Å². The van der Waals surface area contributed by atoms with Crippen molar-refractivity contribution < 1.29 is 4.79 Å². The normalized spacial score (nSPS) is 10.1. The second kappa shape index (κ2) is 4.94. The van der Waals surface area contributed by atoms with Crippen LogP contribution in [0.4, 0.5) is 0 Å². The van der Waals surface area contributed by atoms with E-state index in [-0.39, 0.29) is 5.12 Å². The highest BCUT2D eigenvalue weighted by Crippen LogP contribution is 2.14. The molecule has 0 bridgehead atoms. The van der Waals surface area contributed by atoms with Crippen LogP contribution in [0.3, 0.4) is 0 Å². The van der Waals surface area contributed by atoms with Gasteiger partial charge in [0.15, 0.2) is 0 Å². The van der Waals surface area contributed by atoms with Crippen LogP contribution >= 0.6 is 12.6 Å². The lowest BCUT2D eigenvalue weighted by Gasteiger charge is -2.05. The van der Waals surface area contributed by atoms with E-state index in [0.29, 0.717) is 12.0 Å². The molecular formula is C13H11NOS. The van der Waals surface area contributed by atoms with Gasteiger partial charge in [-0.05, 0) is 23.6 Å². The molecule has 0 amide bonds. The van der Waals surface area contributed by atoms with Gasteiger partial charge in [-0.15, -0.1) is 12.6 Å². The van der Waals surface area contributed by atoms with Gasteiger partial charge >= 0.3 is 0 Å². The standard InChI is InChI=1S/C13H11NOS/c15-13(16)12-6-7-14-9-11(12)8-10-4-2-1-3-5-10/h1-7,9H,8H2,(H,15,16). The molecule has 2 nitrogen and oxygen atoms in total. The van der Waals surface area contributed by atoms with Gasteiger partial charge in [-0.25, -0.2) is 0 Å². The Morgan fingerprint density at radius 3 is 2.62 bits per heavy atom. The molecule has 2 rings (SSSR count). The fourth-order valence-electron chi connectivity index (χ4n) is 1.59. The summed E-state index contributed by atoms with van der Waals surface area (Å²) in [6.45, 7) is 0. The molecule has 80 valence electrons. The Balaban J connectivity index is 2.31. The van der Waals surface area contributed by atoms with E-state index in [4.69, 9.17) is 0 Å². The molecule has 16 heavy (non-hydrogen) atoms. The third-order valence-electron chi connectivity index (χ3n) is 2.37. The summed E-state index contributed by atoms with van der Waals surface area (Å²) in [7, 11) is 0. The maximum Gasteiger partial charge on any atom is 0.216 e. The first kappa shape index (κ1) is 10.9. The van der Waals surface area contributed by atoms with Gasteiger partial charge in [-0.1, -0.05) is 30.3 Å². The summed E-state index contributed by atoms with van der Waals surface area (Å²) in [5.41, 5.74) is 2.70. The highest BCUT2D eigenvalue weighted by molar-refractivity contribution is 7.97. The monoisotopic (exact) mass is 229 g/mol. The zero-order valence-corrected chi connectivity index (χ0v) is 9.52. The summed E-state index contributed by atoms with van der Waals surface area (Å²) in [5.74, 6) is 0. The van der Waals surface area contributed by atoms with E-state index in [1.165, 1.54) is 0 Å². The summed E-state index contributed by atoms with van der Waals surface area (Å²) in [4.78, 5) is 15.3. The second-order valence-corrected chi connectivity index (χ2v) is 3.91. The Hall–Kier alpha value is -1.61. The minimum Gasteiger partial charge on any atom is -0.282 e. The molecule has 2 aromatic rings. The molecule has 0 radical (unpaired) electrons. The van der Waals surface area contributed by atoms with Gasteiger partial charge in [0.05, 0.1) is 0 Å². The highest BCUT2D eigenvalue weighted by Gasteiger charge is 2.07. The molecule has 0 saturated heterocycles. The van der Waals surface area contributed by atoms with E-state index in [0.717, 1.165) is 11.1 Å². The topological polar surface area (TPSA) is 30.0 Å². The zero-order valence-electron chi connectivity index (χ0n) is 8.63. The van der Waals surface area contributed by atoms with E-state index in [9.17, 15) is 4.79 Å². The smallest absolute Gasteiger partial charge is 0.216 e. The van der Waals surface area contributed by atoms with Gasteiger partial charge in [0, 0.05) is 18.0 Å². The Morgan fingerprint density at radius 2 is 1.94 bits per heavy atom. The molecule has 3 heteroatoms. The fourth-order valence-corrected chi connectivity index (χ4v) is 1.81. The number of hydrogen-bond acceptors (Lipinski definition) is 2. The first-order valence-electron chi connectivity index (χ1n) is 4.97. The number of carbonyl (C=O) groups excluding carboxylic acids is 1. The average molecular weight is 229 g/mol. The van der Waals surface area contributed by atoms with E-state index in [1.54, 1.807) is 18.5 Å². The molecule has 0 atom stereocenters. The molecule has 0 spiro atoms. The number of nitrogens with zero attached hydrogens (tertiary/aromatic N) is 1. The molecule has 1 heterocycles. The van der Waals surface area contributed by atoms with Gasteiger partial charge < -0.3 is 0 Å². The largest absolute Gasteiger partial charge is 0.282 e. The van der Waals surface area contributed by atoms with Crippen LogP contribution in [0.2, 0.25) is 0 Å². The third kappa shape index (κ3) is 2.49. The lowest BCUT2D eigenvalue weighted by molar-refractivity contribution is 0.109. The van der Waals surface area contributed by atoms with Crippen LogP contribution in [-0.4, -0.2) is 10.1 Å². The summed E-state index contributed by atoms with van der Waals surface area (Å²) >= 11 is 3.86. The van der Waals surface area contributed by atoms with Gasteiger partial charge in [-0.2, -0.15) is 0 Å². The summed E-state index contributed by atoms with van der Waals surface area (Å²) in [5, 5.41) is -0.215. The van der Waals surface area contributed by atoms with Crippen LogP contribution in [0.5, 0.6) is 0 Å². The Kier molecular flexibility index (Phi) is 3.37. The minimum absolute atomic E-state index is 0.215. The van der Waals surface area contributed by atoms with Crippen molar-refractivity contribution in [1.82, 2.24) is 4.98 Å². The van der Waals surface area contributed by atoms with Crippen molar-refractivity contribution in [3.63, 3.8) is 0 Å². The number of pyridine rings is 1. The lowest BCUT2D eigenvalue weighted by Crippen LogP contribution is -1.99. The van der Waals surface area contributed by atoms with E-state index in [1.807, 2.05) is 30.3 Å². The van der Waals surface area contributed by atoms with Gasteiger partial charge in [0.1, 0.15) is 0 Å². The summed E-state index contributed by atoms with van der Waals surface area (Å²) in [6.07, 6.45) is 4.03. The molecule has 0 aliphatic rings. The number of benzene rings is 1. The number of aromatic nitrogens is 1. The molecule has 0 unspecified atom stereocenters. The van der Waals surface area contributed by atoms with Crippen molar-refractivity contribution in [2.45, 2.75) is 6.42 Å². The van der Waals surface area contributed by atoms with E-state index < -0.39 is 0 Å². The summed E-state index contributed by atoms with van der Waals surface area (Å²) in [6, 6.07) is 11.7. The quantitative estimate of drug-likeness (QED) is 0.820. The molecular weight excluding hydrogens is 218 g/mol. The SMILES string of the molecule is O=C(S)c1ccncc1Cc1ccccc1. The Bertz CT molecular complexity index is 496. The van der Waals surface area contributed by atoms with Crippen LogP contribution in [0.1, 0.15) is 21.5 Å². The molecule has 0 N–H and O–H groups in total. The number of thiol groups is 1. The van der Waals surface area contributed by atoms with Gasteiger partial charge in [-0.3, -0.25) is 9.78 Å². The molecule has 1 aromatic heterocycles. The molecule has 1 aromatic carbocycles. The highest BCUT2D eigenvalue weighted by atomic mass is 32.1. The van der Waals surface area contributed by atoms with Crippen LogP contribution in [-0.2, 0) is 6.42 Å². The molecule has 0 aliphatic heterocycles. The Morgan fingerprint density at radius 1 is 1.19 bits per heavy atom. The van der Waals surface area contributed by atoms with Crippen molar-refractivity contribution in [2.24, 2.45) is 0 Å². The van der Waals surface area contributed by atoms with Crippen molar-refractivity contribution >= 4 is 17.7 Å². The Labute approximate surface area is 99.8 Å². The fraction of sp³-hybridized carbons (Fsp3) is 0.0769. The first-order valence-corrected chi connectivity index (χ1v) is 5.42. The zero-order chi connectivity index (χ0) is 11.4.